The molecular weight excluding hydrogens is 336 g/mol. The second-order valence-electron chi connectivity index (χ2n) is 6.32. The second-order valence-corrected chi connectivity index (χ2v) is 6.32. The third kappa shape index (κ3) is 4.30. The Morgan fingerprint density at radius 1 is 1.23 bits per heavy atom. The van der Waals surface area contributed by atoms with Crippen molar-refractivity contribution in [2.24, 2.45) is 5.92 Å². The van der Waals surface area contributed by atoms with Crippen molar-refractivity contribution in [2.75, 3.05) is 6.54 Å². The number of carbonyl (C=O) groups excluding carboxylic acids is 2. The summed E-state index contributed by atoms with van der Waals surface area (Å²) in [5.74, 6) is -1.27. The SMILES string of the molecule is O=C(O)C[C@@H](NC(=O)[C@H]1CC(=O)N(Cc2ccco2)C1)c1ccccc1. The van der Waals surface area contributed by atoms with Gasteiger partial charge < -0.3 is 19.7 Å². The molecule has 1 saturated heterocycles. The molecule has 26 heavy (non-hydrogen) atoms. The number of benzene rings is 1. The number of rotatable bonds is 7. The van der Waals surface area contributed by atoms with Gasteiger partial charge in [-0.05, 0) is 17.7 Å². The fraction of sp³-hybridized carbons (Fsp3) is 0.316. The molecule has 7 nitrogen and oxygen atoms in total. The van der Waals surface area contributed by atoms with E-state index in [1.165, 1.54) is 6.26 Å². The predicted molar refractivity (Wildman–Crippen MR) is 91.8 cm³/mol. The third-order valence-corrected chi connectivity index (χ3v) is 4.41. The molecule has 1 aromatic heterocycles. The Balaban J connectivity index is 1.64. The molecular formula is C19H20N2O5. The highest BCUT2D eigenvalue weighted by Crippen LogP contribution is 2.23. The van der Waals surface area contributed by atoms with Gasteiger partial charge in [-0.1, -0.05) is 30.3 Å². The number of nitrogens with zero attached hydrogens (tertiary/aromatic N) is 1. The lowest BCUT2D eigenvalue weighted by Gasteiger charge is -2.20. The molecule has 2 aromatic rings. The number of amides is 2. The number of carboxylic acids is 1. The number of nitrogens with one attached hydrogen (secondary N) is 1. The molecule has 2 atom stereocenters. The Labute approximate surface area is 150 Å². The zero-order valence-electron chi connectivity index (χ0n) is 14.1. The van der Waals surface area contributed by atoms with Crippen molar-refractivity contribution < 1.29 is 23.9 Å². The number of carboxylic acid groups (broad SMARTS) is 1. The fourth-order valence-electron chi connectivity index (χ4n) is 3.09. The van der Waals surface area contributed by atoms with Gasteiger partial charge in [-0.2, -0.15) is 0 Å². The van der Waals surface area contributed by atoms with Crippen molar-refractivity contribution in [3.8, 4) is 0 Å². The Kier molecular flexibility index (Phi) is 5.36. The van der Waals surface area contributed by atoms with Crippen LogP contribution in [0, 0.1) is 5.92 Å². The van der Waals surface area contributed by atoms with E-state index in [9.17, 15) is 14.4 Å². The minimum Gasteiger partial charge on any atom is -0.481 e. The lowest BCUT2D eigenvalue weighted by atomic mass is 10.0. The quantitative estimate of drug-likeness (QED) is 0.790. The summed E-state index contributed by atoms with van der Waals surface area (Å²) in [6, 6.07) is 11.9. The first-order chi connectivity index (χ1) is 12.5. The summed E-state index contributed by atoms with van der Waals surface area (Å²) in [4.78, 5) is 37.5. The third-order valence-electron chi connectivity index (χ3n) is 4.41. The lowest BCUT2D eigenvalue weighted by Crippen LogP contribution is -2.36. The van der Waals surface area contributed by atoms with Crippen molar-refractivity contribution in [3.63, 3.8) is 0 Å². The van der Waals surface area contributed by atoms with Crippen LogP contribution in [-0.2, 0) is 20.9 Å². The van der Waals surface area contributed by atoms with Gasteiger partial charge in [-0.15, -0.1) is 0 Å². The van der Waals surface area contributed by atoms with Gasteiger partial charge in [0.05, 0.1) is 31.2 Å². The molecule has 2 amide bonds. The smallest absolute Gasteiger partial charge is 0.305 e. The van der Waals surface area contributed by atoms with Crippen LogP contribution < -0.4 is 5.32 Å². The molecule has 2 N–H and O–H groups in total. The van der Waals surface area contributed by atoms with Crippen molar-refractivity contribution >= 4 is 17.8 Å². The van der Waals surface area contributed by atoms with Gasteiger partial charge in [-0.3, -0.25) is 14.4 Å². The molecule has 3 rings (SSSR count). The molecule has 0 spiro atoms. The fourth-order valence-corrected chi connectivity index (χ4v) is 3.09. The van der Waals surface area contributed by atoms with Crippen LogP contribution in [-0.4, -0.2) is 34.3 Å². The van der Waals surface area contributed by atoms with Crippen molar-refractivity contribution in [1.29, 1.82) is 0 Å². The van der Waals surface area contributed by atoms with E-state index in [-0.39, 0.29) is 24.7 Å². The molecule has 1 aliphatic rings. The minimum absolute atomic E-state index is 0.112. The van der Waals surface area contributed by atoms with Crippen LogP contribution in [0.4, 0.5) is 0 Å². The van der Waals surface area contributed by atoms with Gasteiger partial charge in [0.15, 0.2) is 0 Å². The normalized spacial score (nSPS) is 17.9. The molecule has 7 heteroatoms. The molecule has 1 aromatic carbocycles. The Hall–Kier alpha value is -3.09. The molecule has 1 fully saturated rings. The first kappa shape index (κ1) is 17.7. The minimum atomic E-state index is -0.999. The molecule has 1 aliphatic heterocycles. The summed E-state index contributed by atoms with van der Waals surface area (Å²) >= 11 is 0. The van der Waals surface area contributed by atoms with Crippen LogP contribution in [0.15, 0.2) is 53.1 Å². The van der Waals surface area contributed by atoms with E-state index in [0.29, 0.717) is 18.8 Å². The van der Waals surface area contributed by atoms with Gasteiger partial charge in [-0.25, -0.2) is 0 Å². The predicted octanol–water partition coefficient (Wildman–Crippen LogP) is 1.96. The van der Waals surface area contributed by atoms with Crippen molar-refractivity contribution in [2.45, 2.75) is 25.4 Å². The first-order valence-electron chi connectivity index (χ1n) is 8.40. The molecule has 136 valence electrons. The largest absolute Gasteiger partial charge is 0.481 e. The standard InChI is InChI=1S/C19H20N2O5/c22-17-9-14(11-21(17)12-15-7-4-8-26-15)19(25)20-16(10-18(23)24)13-5-2-1-3-6-13/h1-8,14,16H,9-12H2,(H,20,25)(H,23,24)/t14-,16+/m0/s1. The van der Waals surface area contributed by atoms with E-state index in [2.05, 4.69) is 5.32 Å². The monoisotopic (exact) mass is 356 g/mol. The van der Waals surface area contributed by atoms with Crippen LogP contribution in [0.3, 0.4) is 0 Å². The first-order valence-corrected chi connectivity index (χ1v) is 8.40. The second kappa shape index (κ2) is 7.86. The Bertz CT molecular complexity index is 772. The average Bonchev–Trinajstić information content (AvgIpc) is 3.25. The van der Waals surface area contributed by atoms with Gasteiger partial charge in [0.1, 0.15) is 5.76 Å². The number of hydrogen-bond donors (Lipinski definition) is 2. The number of furan rings is 1. The van der Waals surface area contributed by atoms with Gasteiger partial charge in [0.25, 0.3) is 0 Å². The van der Waals surface area contributed by atoms with E-state index in [4.69, 9.17) is 9.52 Å². The van der Waals surface area contributed by atoms with Crippen molar-refractivity contribution in [1.82, 2.24) is 10.2 Å². The van der Waals surface area contributed by atoms with Crippen LogP contribution in [0.1, 0.15) is 30.2 Å². The molecule has 0 bridgehead atoms. The van der Waals surface area contributed by atoms with E-state index in [1.807, 2.05) is 6.07 Å². The van der Waals surface area contributed by atoms with E-state index >= 15 is 0 Å². The summed E-state index contributed by atoms with van der Waals surface area (Å²) in [5.41, 5.74) is 0.722. The lowest BCUT2D eigenvalue weighted by molar-refractivity contribution is -0.138. The highest BCUT2D eigenvalue weighted by Gasteiger charge is 2.35. The van der Waals surface area contributed by atoms with E-state index < -0.39 is 17.9 Å². The molecule has 0 aliphatic carbocycles. The maximum absolute atomic E-state index is 12.6. The van der Waals surface area contributed by atoms with Crippen LogP contribution in [0.5, 0.6) is 0 Å². The maximum atomic E-state index is 12.6. The number of carbonyl (C=O) groups is 3. The topological polar surface area (TPSA) is 99.8 Å². The van der Waals surface area contributed by atoms with Gasteiger partial charge >= 0.3 is 5.97 Å². The molecule has 0 unspecified atom stereocenters. The highest BCUT2D eigenvalue weighted by molar-refractivity contribution is 5.89. The van der Waals surface area contributed by atoms with Crippen molar-refractivity contribution in [3.05, 3.63) is 60.1 Å². The van der Waals surface area contributed by atoms with E-state index in [1.54, 1.807) is 41.3 Å². The Morgan fingerprint density at radius 3 is 2.65 bits per heavy atom. The zero-order chi connectivity index (χ0) is 18.5. The number of likely N-dealkylation sites (tertiary alicyclic amines) is 1. The summed E-state index contributed by atoms with van der Waals surface area (Å²) in [5, 5.41) is 11.9. The average molecular weight is 356 g/mol. The zero-order valence-corrected chi connectivity index (χ0v) is 14.1. The van der Waals surface area contributed by atoms with Gasteiger partial charge in [0.2, 0.25) is 11.8 Å². The Morgan fingerprint density at radius 2 is 2.00 bits per heavy atom. The summed E-state index contributed by atoms with van der Waals surface area (Å²) < 4.78 is 5.25. The molecule has 0 radical (unpaired) electrons. The van der Waals surface area contributed by atoms with Crippen LogP contribution in [0.2, 0.25) is 0 Å². The van der Waals surface area contributed by atoms with Gasteiger partial charge in [0, 0.05) is 13.0 Å². The molecule has 0 saturated carbocycles. The highest BCUT2D eigenvalue weighted by atomic mass is 16.4. The summed E-state index contributed by atoms with van der Waals surface area (Å²) in [7, 11) is 0. The van der Waals surface area contributed by atoms with E-state index in [0.717, 1.165) is 5.56 Å². The number of aliphatic carboxylic acids is 1. The summed E-state index contributed by atoms with van der Waals surface area (Å²) in [6.45, 7) is 0.618. The maximum Gasteiger partial charge on any atom is 0.305 e. The van der Waals surface area contributed by atoms with Crippen LogP contribution in [0.25, 0.3) is 0 Å². The molecule has 2 heterocycles. The summed E-state index contributed by atoms with van der Waals surface area (Å²) in [6.07, 6.45) is 1.43. The van der Waals surface area contributed by atoms with Crippen LogP contribution >= 0.6 is 0 Å². The number of hydrogen-bond acceptors (Lipinski definition) is 4.